The Bertz CT molecular complexity index is 1530. The molecule has 14 N–H and O–H groups in total. The summed E-state index contributed by atoms with van der Waals surface area (Å²) in [6.45, 7) is -1.92. The molecule has 0 aromatic heterocycles. The van der Waals surface area contributed by atoms with Crippen LogP contribution in [0.15, 0.2) is 12.2 Å². The molecule has 0 radical (unpaired) electrons. The van der Waals surface area contributed by atoms with E-state index in [4.69, 9.17) is 37.9 Å². The lowest BCUT2D eigenvalue weighted by Gasteiger charge is -2.52. The molecule has 23 nitrogen and oxygen atoms in total. The van der Waals surface area contributed by atoms with Crippen molar-refractivity contribution in [2.45, 2.75) is 205 Å². The smallest absolute Gasteiger partial charge is 0.330 e. The number of aliphatic hydroxyl groups is 14. The molecular formula is C42H68O23. The third-order valence-corrected chi connectivity index (χ3v) is 14.4. The van der Waals surface area contributed by atoms with Gasteiger partial charge in [-0.15, -0.1) is 0 Å². The van der Waals surface area contributed by atoms with Gasteiger partial charge in [-0.05, 0) is 69.6 Å². The zero-order valence-corrected chi connectivity index (χ0v) is 35.8. The zero-order chi connectivity index (χ0) is 46.9. The summed E-state index contributed by atoms with van der Waals surface area (Å²) >= 11 is 0. The van der Waals surface area contributed by atoms with Crippen molar-refractivity contribution in [3.05, 3.63) is 12.2 Å². The SMILES string of the molecule is O=C(C=CC1CCC(O)C(OC2OC(CO)C(O)C(O)C2O)C1)OCC1OC(OC2CC3C(OC4OC(CO)C(O)C(O)C4O)CC(O)CC3OC2C2CCC(O)CC2)C(O)C(O)C1O. The molecule has 0 aromatic carbocycles. The van der Waals surface area contributed by atoms with Crippen LogP contribution in [0.2, 0.25) is 0 Å². The topological polar surface area (TPSA) is 374 Å². The molecule has 0 spiro atoms. The predicted octanol–water partition coefficient (Wildman–Crippen LogP) is -5.71. The number of hydrogen-bond acceptors (Lipinski definition) is 23. The molecule has 23 heteroatoms. The van der Waals surface area contributed by atoms with Crippen molar-refractivity contribution in [1.29, 1.82) is 0 Å². The van der Waals surface area contributed by atoms with Gasteiger partial charge in [-0.2, -0.15) is 0 Å². The number of esters is 1. The molecule has 24 unspecified atom stereocenters. The first-order valence-electron chi connectivity index (χ1n) is 22.8. The lowest BCUT2D eigenvalue weighted by atomic mass is 9.73. The van der Waals surface area contributed by atoms with E-state index in [1.165, 1.54) is 6.08 Å². The van der Waals surface area contributed by atoms with Gasteiger partial charge in [-0.3, -0.25) is 0 Å². The van der Waals surface area contributed by atoms with E-state index in [0.717, 1.165) is 6.08 Å². The summed E-state index contributed by atoms with van der Waals surface area (Å²) in [5, 5.41) is 146. The molecule has 4 saturated heterocycles. The van der Waals surface area contributed by atoms with Gasteiger partial charge in [0.05, 0.1) is 62.0 Å². The number of aliphatic hydroxyl groups excluding tert-OH is 14. The highest BCUT2D eigenvalue weighted by atomic mass is 16.7. The van der Waals surface area contributed by atoms with Gasteiger partial charge >= 0.3 is 5.97 Å². The quantitative estimate of drug-likeness (QED) is 0.0604. The minimum atomic E-state index is -1.81. The van der Waals surface area contributed by atoms with E-state index in [2.05, 4.69) is 0 Å². The molecule has 7 fully saturated rings. The average Bonchev–Trinajstić information content (AvgIpc) is 3.29. The molecule has 7 aliphatic rings. The van der Waals surface area contributed by atoms with Crippen LogP contribution < -0.4 is 0 Å². The van der Waals surface area contributed by atoms with E-state index in [1.54, 1.807) is 0 Å². The first kappa shape index (κ1) is 51.2. The van der Waals surface area contributed by atoms with Crippen LogP contribution in [0.5, 0.6) is 0 Å². The molecule has 24 atom stereocenters. The Hall–Kier alpha value is -1.63. The number of carbonyl (C=O) groups excluding carboxylic acids is 1. The number of allylic oxidation sites excluding steroid dienone is 1. The Kier molecular flexibility index (Phi) is 17.7. The van der Waals surface area contributed by atoms with Gasteiger partial charge in [0.1, 0.15) is 79.9 Å². The van der Waals surface area contributed by atoms with Gasteiger partial charge in [-0.25, -0.2) is 4.79 Å². The fourth-order valence-electron chi connectivity index (χ4n) is 10.4. The summed E-state index contributed by atoms with van der Waals surface area (Å²) < 4.78 is 47.4. The van der Waals surface area contributed by atoms with Crippen molar-refractivity contribution in [2.75, 3.05) is 19.8 Å². The highest BCUT2D eigenvalue weighted by Gasteiger charge is 2.54. The van der Waals surface area contributed by atoms with Gasteiger partial charge in [0.25, 0.3) is 0 Å². The maximum atomic E-state index is 13.0. The van der Waals surface area contributed by atoms with Gasteiger partial charge in [-0.1, -0.05) is 6.08 Å². The zero-order valence-electron chi connectivity index (χ0n) is 35.8. The number of fused-ring (bicyclic) bond motifs is 1. The number of ether oxygens (including phenoxy) is 8. The van der Waals surface area contributed by atoms with E-state index in [1.807, 2.05) is 0 Å². The highest BCUT2D eigenvalue weighted by Crippen LogP contribution is 2.45. The lowest BCUT2D eigenvalue weighted by molar-refractivity contribution is -0.344. The average molecular weight is 941 g/mol. The van der Waals surface area contributed by atoms with Gasteiger partial charge in [0, 0.05) is 18.4 Å². The van der Waals surface area contributed by atoms with Crippen LogP contribution in [0.3, 0.4) is 0 Å². The van der Waals surface area contributed by atoms with Crippen molar-refractivity contribution >= 4 is 5.97 Å². The monoisotopic (exact) mass is 940 g/mol. The van der Waals surface area contributed by atoms with Crippen LogP contribution in [-0.2, 0) is 42.7 Å². The van der Waals surface area contributed by atoms with Crippen LogP contribution >= 0.6 is 0 Å². The molecule has 374 valence electrons. The fraction of sp³-hybridized carbons (Fsp3) is 0.929. The normalized spacial score (nSPS) is 51.0. The summed E-state index contributed by atoms with van der Waals surface area (Å²) in [4.78, 5) is 13.0. The predicted molar refractivity (Wildman–Crippen MR) is 212 cm³/mol. The molecule has 0 aromatic rings. The maximum Gasteiger partial charge on any atom is 0.330 e. The van der Waals surface area contributed by atoms with Crippen LogP contribution in [0, 0.1) is 17.8 Å². The van der Waals surface area contributed by atoms with Crippen molar-refractivity contribution in [3.8, 4) is 0 Å². The number of hydrogen-bond donors (Lipinski definition) is 14. The van der Waals surface area contributed by atoms with Gasteiger partial charge in [0.2, 0.25) is 0 Å². The van der Waals surface area contributed by atoms with Crippen molar-refractivity contribution in [3.63, 3.8) is 0 Å². The fourth-order valence-corrected chi connectivity index (χ4v) is 10.4. The lowest BCUT2D eigenvalue weighted by Crippen LogP contribution is -2.63. The molecule has 0 bridgehead atoms. The Morgan fingerprint density at radius 1 is 0.508 bits per heavy atom. The summed E-state index contributed by atoms with van der Waals surface area (Å²) in [5.74, 6) is -1.87. The minimum Gasteiger partial charge on any atom is -0.460 e. The second-order valence-corrected chi connectivity index (χ2v) is 18.8. The molecule has 3 saturated carbocycles. The van der Waals surface area contributed by atoms with Crippen LogP contribution in [0.1, 0.15) is 64.2 Å². The summed E-state index contributed by atoms with van der Waals surface area (Å²) in [6, 6.07) is 0. The van der Waals surface area contributed by atoms with Crippen molar-refractivity contribution in [1.82, 2.24) is 0 Å². The first-order chi connectivity index (χ1) is 31.0. The minimum absolute atomic E-state index is 0.0567. The second kappa shape index (κ2) is 22.4. The maximum absolute atomic E-state index is 13.0. The van der Waals surface area contributed by atoms with Crippen LogP contribution in [-0.4, -0.2) is 238 Å². The highest BCUT2D eigenvalue weighted by molar-refractivity contribution is 5.81. The van der Waals surface area contributed by atoms with Crippen LogP contribution in [0.25, 0.3) is 0 Å². The third kappa shape index (κ3) is 11.7. The Morgan fingerprint density at radius 2 is 1.03 bits per heavy atom. The summed E-state index contributed by atoms with van der Waals surface area (Å²) in [5.41, 5.74) is 0. The Labute approximate surface area is 374 Å². The molecule has 7 rings (SSSR count). The standard InChI is InChI=1S/C42H68O23/c43-13-26-30(49)33(52)36(55)40(63-26)60-23-11-19(46)10-22-20(23)12-25(39(59-22)17-3-5-18(45)6-4-17)62-42-38(57)35(54)32(51)28(65-42)15-58-29(48)8-2-16-1-7-21(47)24(9-16)61-41-37(56)34(53)31(50)27(14-44)64-41/h2,8,16-28,30-47,49-57H,1,3-7,9-15H2. The van der Waals surface area contributed by atoms with E-state index < -0.39 is 173 Å². The summed E-state index contributed by atoms with van der Waals surface area (Å²) in [6.07, 6.45) is -23.9. The van der Waals surface area contributed by atoms with Gasteiger partial charge in [0.15, 0.2) is 18.9 Å². The van der Waals surface area contributed by atoms with E-state index >= 15 is 0 Å². The molecule has 65 heavy (non-hydrogen) atoms. The van der Waals surface area contributed by atoms with Crippen molar-refractivity contribution in [2.24, 2.45) is 17.8 Å². The largest absolute Gasteiger partial charge is 0.460 e. The summed E-state index contributed by atoms with van der Waals surface area (Å²) in [7, 11) is 0. The van der Waals surface area contributed by atoms with E-state index in [-0.39, 0.29) is 43.9 Å². The molecular weight excluding hydrogens is 872 g/mol. The molecule has 4 heterocycles. The number of rotatable bonds is 13. The molecule has 0 amide bonds. The number of carbonyl (C=O) groups is 1. The van der Waals surface area contributed by atoms with E-state index in [0.29, 0.717) is 32.1 Å². The van der Waals surface area contributed by atoms with Crippen LogP contribution in [0.4, 0.5) is 0 Å². The molecule has 4 aliphatic heterocycles. The Morgan fingerprint density at radius 3 is 1.60 bits per heavy atom. The molecule has 3 aliphatic carbocycles. The third-order valence-electron chi connectivity index (χ3n) is 14.4. The first-order valence-corrected chi connectivity index (χ1v) is 22.8. The van der Waals surface area contributed by atoms with Crippen molar-refractivity contribution < 1.29 is 114 Å². The van der Waals surface area contributed by atoms with E-state index in [9.17, 15) is 76.3 Å². The Balaban J connectivity index is 0.985. The second-order valence-electron chi connectivity index (χ2n) is 18.8. The van der Waals surface area contributed by atoms with Gasteiger partial charge < -0.3 is 109 Å².